The predicted molar refractivity (Wildman–Crippen MR) is 121 cm³/mol. The van der Waals surface area contributed by atoms with Crippen LogP contribution in [0, 0.1) is 5.92 Å². The Bertz CT molecular complexity index is 619. The number of ether oxygens (including phenoxy) is 1. The average Bonchev–Trinajstić information content (AvgIpc) is 3.02. The Labute approximate surface area is 177 Å². The highest BCUT2D eigenvalue weighted by Gasteiger charge is 2.15. The molecule has 1 aromatic rings. The van der Waals surface area contributed by atoms with E-state index in [4.69, 9.17) is 4.74 Å². The molecule has 5 nitrogen and oxygen atoms in total. The largest absolute Gasteiger partial charge is 0.381 e. The number of hydrogen-bond acceptors (Lipinski definition) is 3. The lowest BCUT2D eigenvalue weighted by atomic mass is 9.96. The van der Waals surface area contributed by atoms with Gasteiger partial charge in [0.1, 0.15) is 0 Å². The third-order valence-corrected chi connectivity index (χ3v) is 6.33. The van der Waals surface area contributed by atoms with Crippen molar-refractivity contribution in [3.05, 3.63) is 35.4 Å². The van der Waals surface area contributed by atoms with E-state index in [0.29, 0.717) is 0 Å². The summed E-state index contributed by atoms with van der Waals surface area (Å²) in [7, 11) is 4.02. The maximum atomic E-state index is 5.47. The first-order chi connectivity index (χ1) is 14.2. The van der Waals surface area contributed by atoms with Gasteiger partial charge in [-0.3, -0.25) is 9.89 Å². The number of nitrogens with one attached hydrogen (secondary N) is 1. The van der Waals surface area contributed by atoms with Gasteiger partial charge in [-0.05, 0) is 62.2 Å². The van der Waals surface area contributed by atoms with E-state index in [9.17, 15) is 0 Å². The van der Waals surface area contributed by atoms with Gasteiger partial charge in [-0.1, -0.05) is 37.1 Å². The maximum absolute atomic E-state index is 5.47. The molecular weight excluding hydrogens is 360 g/mol. The van der Waals surface area contributed by atoms with Gasteiger partial charge in [0, 0.05) is 46.9 Å². The fraction of sp³-hybridized carbons (Fsp3) is 0.708. The number of benzene rings is 1. The standard InChI is InChI=1S/C24H40N4O/c1-25-24(27(2)15-10-21-11-16-29-17-12-21)26-19-22-8-7-9-23(18-22)20-28-13-5-3-4-6-14-28/h7-9,18,21H,3-6,10-17,19-20H2,1-2H3,(H,25,26). The molecule has 0 atom stereocenters. The van der Waals surface area contributed by atoms with E-state index in [-0.39, 0.29) is 0 Å². The smallest absolute Gasteiger partial charge is 0.193 e. The van der Waals surface area contributed by atoms with Crippen LogP contribution in [0.15, 0.2) is 29.3 Å². The zero-order valence-electron chi connectivity index (χ0n) is 18.5. The van der Waals surface area contributed by atoms with E-state index in [2.05, 4.69) is 51.4 Å². The normalized spacial score (nSPS) is 19.7. The van der Waals surface area contributed by atoms with Gasteiger partial charge in [0.2, 0.25) is 0 Å². The monoisotopic (exact) mass is 400 g/mol. The van der Waals surface area contributed by atoms with E-state index in [1.54, 1.807) is 0 Å². The van der Waals surface area contributed by atoms with E-state index >= 15 is 0 Å². The van der Waals surface area contributed by atoms with Crippen molar-refractivity contribution in [2.45, 2.75) is 58.0 Å². The highest BCUT2D eigenvalue weighted by Crippen LogP contribution is 2.18. The van der Waals surface area contributed by atoms with Crippen LogP contribution < -0.4 is 5.32 Å². The van der Waals surface area contributed by atoms with E-state index in [0.717, 1.165) is 44.7 Å². The lowest BCUT2D eigenvalue weighted by molar-refractivity contribution is 0.0625. The zero-order chi connectivity index (χ0) is 20.3. The van der Waals surface area contributed by atoms with Crippen molar-refractivity contribution in [1.29, 1.82) is 0 Å². The summed E-state index contributed by atoms with van der Waals surface area (Å²) in [6.45, 7) is 7.28. The molecule has 2 heterocycles. The zero-order valence-corrected chi connectivity index (χ0v) is 18.5. The number of hydrogen-bond donors (Lipinski definition) is 1. The van der Waals surface area contributed by atoms with Gasteiger partial charge in [0.25, 0.3) is 0 Å². The first-order valence-electron chi connectivity index (χ1n) is 11.5. The number of rotatable bonds is 7. The molecule has 2 saturated heterocycles. The maximum Gasteiger partial charge on any atom is 0.193 e. The molecule has 0 unspecified atom stereocenters. The van der Waals surface area contributed by atoms with Crippen LogP contribution in [0.4, 0.5) is 0 Å². The molecule has 2 aliphatic rings. The minimum absolute atomic E-state index is 0.792. The summed E-state index contributed by atoms with van der Waals surface area (Å²) in [5.74, 6) is 1.77. The summed E-state index contributed by atoms with van der Waals surface area (Å²) >= 11 is 0. The molecule has 0 spiro atoms. The third-order valence-electron chi connectivity index (χ3n) is 6.33. The Kier molecular flexibility index (Phi) is 9.29. The van der Waals surface area contributed by atoms with E-state index in [1.165, 1.54) is 69.2 Å². The second-order valence-corrected chi connectivity index (χ2v) is 8.68. The quantitative estimate of drug-likeness (QED) is 0.557. The average molecular weight is 401 g/mol. The van der Waals surface area contributed by atoms with E-state index < -0.39 is 0 Å². The fourth-order valence-corrected chi connectivity index (χ4v) is 4.47. The fourth-order valence-electron chi connectivity index (χ4n) is 4.47. The molecule has 29 heavy (non-hydrogen) atoms. The minimum Gasteiger partial charge on any atom is -0.381 e. The molecule has 0 radical (unpaired) electrons. The first-order valence-corrected chi connectivity index (χ1v) is 11.5. The van der Waals surface area contributed by atoms with Gasteiger partial charge in [0.15, 0.2) is 5.96 Å². The van der Waals surface area contributed by atoms with Crippen LogP contribution in [-0.2, 0) is 17.8 Å². The van der Waals surface area contributed by atoms with Crippen molar-refractivity contribution in [2.75, 3.05) is 46.9 Å². The molecule has 0 aromatic heterocycles. The molecular formula is C24H40N4O. The third kappa shape index (κ3) is 7.63. The number of likely N-dealkylation sites (tertiary alicyclic amines) is 1. The molecule has 1 aromatic carbocycles. The second kappa shape index (κ2) is 12.2. The molecule has 5 heteroatoms. The van der Waals surface area contributed by atoms with Gasteiger partial charge in [-0.2, -0.15) is 0 Å². The van der Waals surface area contributed by atoms with Crippen molar-refractivity contribution in [3.63, 3.8) is 0 Å². The van der Waals surface area contributed by atoms with Crippen LogP contribution in [0.5, 0.6) is 0 Å². The van der Waals surface area contributed by atoms with Crippen molar-refractivity contribution >= 4 is 5.96 Å². The molecule has 1 N–H and O–H groups in total. The SMILES string of the molecule is CN=C(NCc1cccc(CN2CCCCCC2)c1)N(C)CCC1CCOCC1. The van der Waals surface area contributed by atoms with Crippen LogP contribution in [0.3, 0.4) is 0 Å². The molecule has 2 aliphatic heterocycles. The molecule has 0 bridgehead atoms. The van der Waals surface area contributed by atoms with Crippen molar-refractivity contribution in [2.24, 2.45) is 10.9 Å². The second-order valence-electron chi connectivity index (χ2n) is 8.68. The summed E-state index contributed by atoms with van der Waals surface area (Å²) in [6.07, 6.45) is 9.08. The summed E-state index contributed by atoms with van der Waals surface area (Å²) < 4.78 is 5.47. The Morgan fingerprint density at radius 1 is 1.14 bits per heavy atom. The Hall–Kier alpha value is -1.59. The van der Waals surface area contributed by atoms with Gasteiger partial charge in [-0.15, -0.1) is 0 Å². The Morgan fingerprint density at radius 3 is 2.59 bits per heavy atom. The lowest BCUT2D eigenvalue weighted by Crippen LogP contribution is -2.39. The van der Waals surface area contributed by atoms with Crippen LogP contribution >= 0.6 is 0 Å². The van der Waals surface area contributed by atoms with Crippen LogP contribution in [0.1, 0.15) is 56.1 Å². The Morgan fingerprint density at radius 2 is 1.86 bits per heavy atom. The highest BCUT2D eigenvalue weighted by molar-refractivity contribution is 5.79. The Balaban J connectivity index is 1.45. The first kappa shape index (κ1) is 22.1. The van der Waals surface area contributed by atoms with Crippen molar-refractivity contribution < 1.29 is 4.74 Å². The van der Waals surface area contributed by atoms with E-state index in [1.807, 2.05) is 7.05 Å². The molecule has 0 aliphatic carbocycles. The molecule has 0 saturated carbocycles. The van der Waals surface area contributed by atoms with Crippen LogP contribution in [0.25, 0.3) is 0 Å². The topological polar surface area (TPSA) is 40.1 Å². The molecule has 3 rings (SSSR count). The number of guanidine groups is 1. The van der Waals surface area contributed by atoms with Crippen LogP contribution in [0.2, 0.25) is 0 Å². The van der Waals surface area contributed by atoms with Gasteiger partial charge < -0.3 is 15.0 Å². The summed E-state index contributed by atoms with van der Waals surface area (Å²) in [6, 6.07) is 9.03. The number of nitrogens with zero attached hydrogens (tertiary/aromatic N) is 3. The van der Waals surface area contributed by atoms with Gasteiger partial charge >= 0.3 is 0 Å². The van der Waals surface area contributed by atoms with Crippen molar-refractivity contribution in [3.8, 4) is 0 Å². The summed E-state index contributed by atoms with van der Waals surface area (Å²) in [4.78, 5) is 9.37. The molecule has 2 fully saturated rings. The summed E-state index contributed by atoms with van der Waals surface area (Å²) in [5, 5.41) is 3.55. The van der Waals surface area contributed by atoms with Crippen LogP contribution in [-0.4, -0.2) is 62.7 Å². The minimum atomic E-state index is 0.792. The highest BCUT2D eigenvalue weighted by atomic mass is 16.5. The number of aliphatic imine (C=N–C) groups is 1. The predicted octanol–water partition coefficient (Wildman–Crippen LogP) is 3.89. The van der Waals surface area contributed by atoms with Gasteiger partial charge in [-0.25, -0.2) is 0 Å². The molecule has 0 amide bonds. The lowest BCUT2D eigenvalue weighted by Gasteiger charge is -2.27. The molecule has 162 valence electrons. The van der Waals surface area contributed by atoms with Gasteiger partial charge in [0.05, 0.1) is 0 Å². The van der Waals surface area contributed by atoms with Crippen molar-refractivity contribution in [1.82, 2.24) is 15.1 Å². The summed E-state index contributed by atoms with van der Waals surface area (Å²) in [5.41, 5.74) is 2.75.